The van der Waals surface area contributed by atoms with Crippen LogP contribution in [0.15, 0.2) is 29.2 Å². The van der Waals surface area contributed by atoms with Crippen molar-refractivity contribution < 1.29 is 52.7 Å². The van der Waals surface area contributed by atoms with Crippen LogP contribution in [0.25, 0.3) is 0 Å². The number of phenols is 4. The predicted octanol–water partition coefficient (Wildman–Crippen LogP) is 0.226. The van der Waals surface area contributed by atoms with Gasteiger partial charge in [0.15, 0.2) is 11.5 Å². The van der Waals surface area contributed by atoms with Gasteiger partial charge in [-0.25, -0.2) is 18.0 Å². The van der Waals surface area contributed by atoms with Crippen LogP contribution in [0.4, 0.5) is 0 Å². The second-order valence-corrected chi connectivity index (χ2v) is 10.7. The Labute approximate surface area is 215 Å². The number of phenolic OH excluding ortho intramolecular Hbond substituents is 4. The smallest absolute Gasteiger partial charge is 0.339 e. The molecule has 15 heteroatoms. The number of rotatable bonds is 4. The molecule has 2 atom stereocenters. The van der Waals surface area contributed by atoms with Gasteiger partial charge in [-0.3, -0.25) is 4.79 Å². The number of aromatic hydroxyl groups is 4. The van der Waals surface area contributed by atoms with Gasteiger partial charge in [0.1, 0.15) is 30.2 Å². The summed E-state index contributed by atoms with van der Waals surface area (Å²) in [4.78, 5) is 37.7. The number of nitrogens with one attached hydrogen (secondary N) is 2. The fraction of sp³-hybridized carbons (Fsp3) is 0.318. The number of hydrogen-bond donors (Lipinski definition) is 6. The van der Waals surface area contributed by atoms with Gasteiger partial charge in [-0.05, 0) is 19.1 Å². The third-order valence-electron chi connectivity index (χ3n) is 5.43. The molecule has 37 heavy (non-hydrogen) atoms. The zero-order valence-corrected chi connectivity index (χ0v) is 21.2. The van der Waals surface area contributed by atoms with Crippen LogP contribution in [0.2, 0.25) is 0 Å². The topological polar surface area (TPSA) is 209 Å². The molecule has 1 aliphatic heterocycles. The maximum atomic E-state index is 13.0. The Morgan fingerprint density at radius 3 is 2.46 bits per heavy atom. The van der Waals surface area contributed by atoms with Crippen LogP contribution < -0.4 is 10.0 Å². The van der Waals surface area contributed by atoms with Crippen LogP contribution in [0.5, 0.6) is 23.0 Å². The Hall–Kier alpha value is -3.69. The molecule has 13 nitrogen and oxygen atoms in total. The number of fused-ring (bicyclic) bond motifs is 1. The molecular formula is C22H24N2O11S2. The van der Waals surface area contributed by atoms with Gasteiger partial charge in [-0.15, -0.1) is 0 Å². The van der Waals surface area contributed by atoms with Crippen LogP contribution in [0, 0.1) is 6.92 Å². The molecule has 2 aromatic rings. The van der Waals surface area contributed by atoms with Crippen molar-refractivity contribution in [3.63, 3.8) is 0 Å². The van der Waals surface area contributed by atoms with Crippen molar-refractivity contribution in [3.8, 4) is 23.0 Å². The normalized spacial score (nSPS) is 19.0. The van der Waals surface area contributed by atoms with E-state index in [2.05, 4.69) is 10.0 Å². The SMILES string of the molecule is COC(=O)[C@@H]1CSCc2c(O)cc(O)c(C)c2C(=O)OC[C@H](NS(=O)(=O)c2ccc(O)c(O)c2)C(=O)N1. The molecule has 0 fully saturated rings. The van der Waals surface area contributed by atoms with Crippen molar-refractivity contribution in [2.45, 2.75) is 29.7 Å². The molecule has 0 aliphatic carbocycles. The van der Waals surface area contributed by atoms with Crippen molar-refractivity contribution >= 4 is 39.6 Å². The van der Waals surface area contributed by atoms with Crippen LogP contribution in [-0.2, 0) is 34.8 Å². The van der Waals surface area contributed by atoms with Crippen molar-refractivity contribution in [1.82, 2.24) is 10.0 Å². The number of methoxy groups -OCH3 is 1. The zero-order chi connectivity index (χ0) is 27.5. The number of carbonyl (C=O) groups is 3. The molecule has 1 amide bonds. The molecule has 0 unspecified atom stereocenters. The highest BCUT2D eigenvalue weighted by atomic mass is 32.2. The number of amides is 1. The van der Waals surface area contributed by atoms with Gasteiger partial charge in [0.25, 0.3) is 0 Å². The summed E-state index contributed by atoms with van der Waals surface area (Å²) in [6.45, 7) is 0.567. The maximum absolute atomic E-state index is 13.0. The van der Waals surface area contributed by atoms with E-state index in [1.54, 1.807) is 0 Å². The molecular weight excluding hydrogens is 532 g/mol. The van der Waals surface area contributed by atoms with Gasteiger partial charge < -0.3 is 35.2 Å². The third kappa shape index (κ3) is 6.18. The number of esters is 2. The quantitative estimate of drug-likeness (QED) is 0.221. The van der Waals surface area contributed by atoms with Crippen LogP contribution in [0.1, 0.15) is 21.5 Å². The van der Waals surface area contributed by atoms with E-state index in [0.717, 1.165) is 43.1 Å². The number of sulfonamides is 1. The lowest BCUT2D eigenvalue weighted by Gasteiger charge is -2.24. The van der Waals surface area contributed by atoms with E-state index < -0.39 is 68.7 Å². The fourth-order valence-corrected chi connectivity index (χ4v) is 5.68. The number of benzene rings is 2. The summed E-state index contributed by atoms with van der Waals surface area (Å²) in [5.41, 5.74) is 0.0179. The fourth-order valence-electron chi connectivity index (χ4n) is 3.41. The summed E-state index contributed by atoms with van der Waals surface area (Å²) in [7, 11) is -3.42. The lowest BCUT2D eigenvalue weighted by atomic mass is 10.0. The molecule has 0 radical (unpaired) electrons. The van der Waals surface area contributed by atoms with E-state index >= 15 is 0 Å². The predicted molar refractivity (Wildman–Crippen MR) is 129 cm³/mol. The van der Waals surface area contributed by atoms with Crippen molar-refractivity contribution in [2.75, 3.05) is 19.5 Å². The van der Waals surface area contributed by atoms with Crippen molar-refractivity contribution in [2.24, 2.45) is 0 Å². The average molecular weight is 557 g/mol. The first-order valence-electron chi connectivity index (χ1n) is 10.6. The van der Waals surface area contributed by atoms with Crippen LogP contribution in [0.3, 0.4) is 0 Å². The van der Waals surface area contributed by atoms with Gasteiger partial charge in [0.05, 0.1) is 17.6 Å². The summed E-state index contributed by atoms with van der Waals surface area (Å²) in [5.74, 6) is -5.05. The second kappa shape index (κ2) is 11.1. The number of carbonyl (C=O) groups excluding carboxylic acids is 3. The lowest BCUT2D eigenvalue weighted by molar-refractivity contribution is -0.144. The molecule has 0 bridgehead atoms. The Morgan fingerprint density at radius 1 is 1.11 bits per heavy atom. The van der Waals surface area contributed by atoms with E-state index in [0.29, 0.717) is 0 Å². The van der Waals surface area contributed by atoms with E-state index in [1.807, 2.05) is 0 Å². The summed E-state index contributed by atoms with van der Waals surface area (Å²) in [6, 6.07) is 0.708. The van der Waals surface area contributed by atoms with Gasteiger partial charge in [0.2, 0.25) is 15.9 Å². The Bertz CT molecular complexity index is 1340. The van der Waals surface area contributed by atoms with Crippen molar-refractivity contribution in [1.29, 1.82) is 0 Å². The molecule has 1 aliphatic rings. The second-order valence-electron chi connectivity index (χ2n) is 7.92. The summed E-state index contributed by atoms with van der Waals surface area (Å²) in [5, 5.41) is 41.9. The van der Waals surface area contributed by atoms with Gasteiger partial charge in [-0.2, -0.15) is 16.5 Å². The molecule has 0 saturated carbocycles. The van der Waals surface area contributed by atoms with E-state index in [4.69, 9.17) is 9.47 Å². The summed E-state index contributed by atoms with van der Waals surface area (Å²) < 4.78 is 37.7. The molecule has 6 N–H and O–H groups in total. The van der Waals surface area contributed by atoms with E-state index in [-0.39, 0.29) is 33.9 Å². The number of cyclic esters (lactones) is 1. The molecule has 3 rings (SSSR count). The van der Waals surface area contributed by atoms with Gasteiger partial charge in [-0.1, -0.05) is 0 Å². The maximum Gasteiger partial charge on any atom is 0.339 e. The number of ether oxygens (including phenoxy) is 2. The summed E-state index contributed by atoms with van der Waals surface area (Å²) in [6.07, 6.45) is 0. The van der Waals surface area contributed by atoms with Crippen LogP contribution >= 0.6 is 11.8 Å². The lowest BCUT2D eigenvalue weighted by Crippen LogP contribution is -2.54. The monoisotopic (exact) mass is 556 g/mol. The Balaban J connectivity index is 2.01. The van der Waals surface area contributed by atoms with E-state index in [9.17, 15) is 43.2 Å². The molecule has 200 valence electrons. The molecule has 0 aromatic heterocycles. The Morgan fingerprint density at radius 2 is 1.81 bits per heavy atom. The van der Waals surface area contributed by atoms with Gasteiger partial charge >= 0.3 is 11.9 Å². The average Bonchev–Trinajstić information content (AvgIpc) is 2.84. The number of thioether (sulfide) groups is 1. The molecule has 0 spiro atoms. The first kappa shape index (κ1) is 27.9. The standard InChI is InChI=1S/C22H24N2O11S2/c1-10-16(26)6-17(27)12-8-36-9-14(21(30)34-2)23-20(29)13(7-35-22(31)19(10)12)24-37(32,33)11-3-4-15(25)18(28)5-11/h3-6,13-14,24-28H,7-9H2,1-2H3,(H,23,29)/t13-,14-/m0/s1. The highest BCUT2D eigenvalue weighted by Crippen LogP contribution is 2.35. The molecule has 0 saturated heterocycles. The zero-order valence-electron chi connectivity index (χ0n) is 19.5. The van der Waals surface area contributed by atoms with Crippen LogP contribution in [-0.4, -0.2) is 78.2 Å². The first-order valence-corrected chi connectivity index (χ1v) is 13.2. The first-order chi connectivity index (χ1) is 17.4. The summed E-state index contributed by atoms with van der Waals surface area (Å²) >= 11 is 1.05. The van der Waals surface area contributed by atoms with Gasteiger partial charge in [0, 0.05) is 34.8 Å². The molecule has 1 heterocycles. The third-order valence-corrected chi connectivity index (χ3v) is 7.96. The minimum absolute atomic E-state index is 0.00115. The minimum atomic E-state index is -4.52. The highest BCUT2D eigenvalue weighted by Gasteiger charge is 2.33. The highest BCUT2D eigenvalue weighted by molar-refractivity contribution is 7.98. The van der Waals surface area contributed by atoms with E-state index in [1.165, 1.54) is 6.92 Å². The number of hydrogen-bond acceptors (Lipinski definition) is 12. The Kier molecular flexibility index (Phi) is 8.40. The largest absolute Gasteiger partial charge is 0.508 e. The van der Waals surface area contributed by atoms with Crippen molar-refractivity contribution in [3.05, 3.63) is 41.0 Å². The minimum Gasteiger partial charge on any atom is -0.508 e. The molecule has 2 aromatic carbocycles.